The molecule has 0 radical (unpaired) electrons. The SMILES string of the molecule is CC(=O)Nc1ccc(CN(Cc2ccc(F)cc2)CC2CCCO2)cc1. The summed E-state index contributed by atoms with van der Waals surface area (Å²) >= 11 is 0. The van der Waals surface area contributed by atoms with Gasteiger partial charge in [-0.3, -0.25) is 9.69 Å². The van der Waals surface area contributed by atoms with E-state index in [1.54, 1.807) is 0 Å². The molecule has 4 nitrogen and oxygen atoms in total. The first kappa shape index (κ1) is 18.5. The van der Waals surface area contributed by atoms with Crippen LogP contribution in [0.2, 0.25) is 0 Å². The third-order valence-corrected chi connectivity index (χ3v) is 4.49. The molecular weight excluding hydrogens is 331 g/mol. The van der Waals surface area contributed by atoms with E-state index in [0.29, 0.717) is 0 Å². The number of halogens is 1. The van der Waals surface area contributed by atoms with E-state index < -0.39 is 0 Å². The van der Waals surface area contributed by atoms with Crippen molar-refractivity contribution in [2.75, 3.05) is 18.5 Å². The van der Waals surface area contributed by atoms with Crippen LogP contribution in [0.15, 0.2) is 48.5 Å². The topological polar surface area (TPSA) is 41.6 Å². The normalized spacial score (nSPS) is 16.8. The summed E-state index contributed by atoms with van der Waals surface area (Å²) < 4.78 is 19.0. The molecular formula is C21H25FN2O2. The molecule has 1 N–H and O–H groups in total. The van der Waals surface area contributed by atoms with Gasteiger partial charge in [-0.1, -0.05) is 24.3 Å². The van der Waals surface area contributed by atoms with Gasteiger partial charge in [-0.25, -0.2) is 4.39 Å². The highest BCUT2D eigenvalue weighted by Gasteiger charge is 2.19. The number of carbonyl (C=O) groups excluding carboxylic acids is 1. The van der Waals surface area contributed by atoms with Gasteiger partial charge >= 0.3 is 0 Å². The minimum absolute atomic E-state index is 0.0749. The maximum Gasteiger partial charge on any atom is 0.221 e. The zero-order valence-electron chi connectivity index (χ0n) is 15.1. The van der Waals surface area contributed by atoms with Crippen molar-refractivity contribution in [2.45, 2.75) is 39.0 Å². The van der Waals surface area contributed by atoms with E-state index in [-0.39, 0.29) is 17.8 Å². The van der Waals surface area contributed by atoms with Crippen molar-refractivity contribution < 1.29 is 13.9 Å². The van der Waals surface area contributed by atoms with E-state index in [2.05, 4.69) is 10.2 Å². The summed E-state index contributed by atoms with van der Waals surface area (Å²) in [6, 6.07) is 14.5. The maximum atomic E-state index is 13.2. The number of nitrogens with zero attached hydrogens (tertiary/aromatic N) is 1. The van der Waals surface area contributed by atoms with Crippen LogP contribution in [0.5, 0.6) is 0 Å². The molecule has 138 valence electrons. The van der Waals surface area contributed by atoms with Gasteiger partial charge in [0.15, 0.2) is 0 Å². The van der Waals surface area contributed by atoms with Crippen LogP contribution in [0.1, 0.15) is 30.9 Å². The fourth-order valence-electron chi connectivity index (χ4n) is 3.26. The maximum absolute atomic E-state index is 13.2. The summed E-state index contributed by atoms with van der Waals surface area (Å²) in [6.07, 6.45) is 2.45. The Morgan fingerprint density at radius 2 is 1.73 bits per heavy atom. The Morgan fingerprint density at radius 3 is 2.27 bits per heavy atom. The van der Waals surface area contributed by atoms with Gasteiger partial charge in [-0.05, 0) is 48.2 Å². The van der Waals surface area contributed by atoms with Crippen LogP contribution in [0.3, 0.4) is 0 Å². The molecule has 0 aliphatic carbocycles. The number of carbonyl (C=O) groups is 1. The van der Waals surface area contributed by atoms with Crippen LogP contribution in [-0.4, -0.2) is 30.1 Å². The number of nitrogens with one attached hydrogen (secondary N) is 1. The predicted molar refractivity (Wildman–Crippen MR) is 100 cm³/mol. The van der Waals surface area contributed by atoms with E-state index >= 15 is 0 Å². The highest BCUT2D eigenvalue weighted by atomic mass is 19.1. The van der Waals surface area contributed by atoms with Gasteiger partial charge in [0, 0.05) is 38.9 Å². The van der Waals surface area contributed by atoms with Crippen molar-refractivity contribution in [3.63, 3.8) is 0 Å². The summed E-state index contributed by atoms with van der Waals surface area (Å²) in [5.74, 6) is -0.290. The summed E-state index contributed by atoms with van der Waals surface area (Å²) in [5, 5.41) is 2.78. The molecule has 1 aliphatic heterocycles. The van der Waals surface area contributed by atoms with Gasteiger partial charge in [0.2, 0.25) is 5.91 Å². The summed E-state index contributed by atoms with van der Waals surface area (Å²) in [4.78, 5) is 13.5. The fourth-order valence-corrected chi connectivity index (χ4v) is 3.26. The van der Waals surface area contributed by atoms with Crippen LogP contribution >= 0.6 is 0 Å². The Morgan fingerprint density at radius 1 is 1.12 bits per heavy atom. The van der Waals surface area contributed by atoms with E-state index in [0.717, 1.165) is 50.3 Å². The van der Waals surface area contributed by atoms with Crippen LogP contribution in [0.4, 0.5) is 10.1 Å². The zero-order chi connectivity index (χ0) is 18.4. The Labute approximate surface area is 154 Å². The van der Waals surface area contributed by atoms with Crippen LogP contribution < -0.4 is 5.32 Å². The summed E-state index contributed by atoms with van der Waals surface area (Å²) in [6.45, 7) is 4.70. The standard InChI is InChI=1S/C21H25FN2O2/c1-16(25)23-20-10-6-18(7-11-20)14-24(15-21-3-2-12-26-21)13-17-4-8-19(22)9-5-17/h4-11,21H,2-3,12-15H2,1H3,(H,23,25). The van der Waals surface area contributed by atoms with E-state index in [1.807, 2.05) is 36.4 Å². The molecule has 1 saturated heterocycles. The first-order valence-corrected chi connectivity index (χ1v) is 9.03. The van der Waals surface area contributed by atoms with Crippen molar-refractivity contribution >= 4 is 11.6 Å². The Kier molecular flexibility index (Phi) is 6.36. The van der Waals surface area contributed by atoms with Gasteiger partial charge in [0.25, 0.3) is 0 Å². The fraction of sp³-hybridized carbons (Fsp3) is 0.381. The smallest absolute Gasteiger partial charge is 0.221 e. The van der Waals surface area contributed by atoms with Gasteiger partial charge in [0.1, 0.15) is 5.82 Å². The number of ether oxygens (including phenoxy) is 1. The number of anilines is 1. The highest BCUT2D eigenvalue weighted by Crippen LogP contribution is 2.18. The molecule has 0 aromatic heterocycles. The van der Waals surface area contributed by atoms with Gasteiger partial charge < -0.3 is 10.1 Å². The number of amides is 1. The first-order chi connectivity index (χ1) is 12.6. The Hall–Kier alpha value is -2.24. The van der Waals surface area contributed by atoms with Crippen molar-refractivity contribution in [3.8, 4) is 0 Å². The lowest BCUT2D eigenvalue weighted by atomic mass is 10.1. The molecule has 26 heavy (non-hydrogen) atoms. The van der Waals surface area contributed by atoms with Crippen molar-refractivity contribution in [3.05, 3.63) is 65.5 Å². The van der Waals surface area contributed by atoms with Crippen molar-refractivity contribution in [1.29, 1.82) is 0 Å². The molecule has 1 heterocycles. The molecule has 1 amide bonds. The average Bonchev–Trinajstić information content (AvgIpc) is 3.11. The lowest BCUT2D eigenvalue weighted by molar-refractivity contribution is -0.114. The minimum atomic E-state index is -0.215. The van der Waals surface area contributed by atoms with Crippen molar-refractivity contribution in [2.24, 2.45) is 0 Å². The molecule has 0 bridgehead atoms. The highest BCUT2D eigenvalue weighted by molar-refractivity contribution is 5.88. The first-order valence-electron chi connectivity index (χ1n) is 9.03. The number of benzene rings is 2. The van der Waals surface area contributed by atoms with Crippen LogP contribution in [-0.2, 0) is 22.6 Å². The molecule has 0 spiro atoms. The predicted octanol–water partition coefficient (Wildman–Crippen LogP) is 3.97. The molecule has 1 unspecified atom stereocenters. The molecule has 2 aromatic rings. The molecule has 1 aliphatic rings. The second kappa shape index (κ2) is 8.92. The number of rotatable bonds is 7. The molecule has 1 atom stereocenters. The number of hydrogen-bond donors (Lipinski definition) is 1. The van der Waals surface area contributed by atoms with E-state index in [9.17, 15) is 9.18 Å². The third-order valence-electron chi connectivity index (χ3n) is 4.49. The van der Waals surface area contributed by atoms with Crippen molar-refractivity contribution in [1.82, 2.24) is 4.90 Å². The minimum Gasteiger partial charge on any atom is -0.377 e. The molecule has 2 aromatic carbocycles. The Balaban J connectivity index is 1.67. The van der Waals surface area contributed by atoms with Gasteiger partial charge in [-0.15, -0.1) is 0 Å². The van der Waals surface area contributed by atoms with E-state index in [4.69, 9.17) is 4.74 Å². The molecule has 0 saturated carbocycles. The molecule has 3 rings (SSSR count). The zero-order valence-corrected chi connectivity index (χ0v) is 15.1. The Bertz CT molecular complexity index is 710. The molecule has 5 heteroatoms. The lowest BCUT2D eigenvalue weighted by Gasteiger charge is -2.25. The second-order valence-corrected chi connectivity index (χ2v) is 6.81. The van der Waals surface area contributed by atoms with Crippen LogP contribution in [0, 0.1) is 5.82 Å². The second-order valence-electron chi connectivity index (χ2n) is 6.81. The monoisotopic (exact) mass is 356 g/mol. The number of hydrogen-bond acceptors (Lipinski definition) is 3. The molecule has 1 fully saturated rings. The van der Waals surface area contributed by atoms with Gasteiger partial charge in [-0.2, -0.15) is 0 Å². The summed E-state index contributed by atoms with van der Waals surface area (Å²) in [5.41, 5.74) is 3.05. The third kappa shape index (κ3) is 5.64. The van der Waals surface area contributed by atoms with E-state index in [1.165, 1.54) is 24.6 Å². The quantitative estimate of drug-likeness (QED) is 0.816. The van der Waals surface area contributed by atoms with Gasteiger partial charge in [0.05, 0.1) is 6.10 Å². The lowest BCUT2D eigenvalue weighted by Crippen LogP contribution is -2.31. The largest absolute Gasteiger partial charge is 0.377 e. The average molecular weight is 356 g/mol. The summed E-state index contributed by atoms with van der Waals surface area (Å²) in [7, 11) is 0. The van der Waals surface area contributed by atoms with Crippen LogP contribution in [0.25, 0.3) is 0 Å².